The molecular weight excluding hydrogens is 258 g/mol. The Morgan fingerprint density at radius 2 is 1.89 bits per heavy atom. The molecule has 0 saturated carbocycles. The molecule has 0 bridgehead atoms. The number of halogens is 1. The van der Waals surface area contributed by atoms with E-state index in [9.17, 15) is 0 Å². The molecule has 0 aliphatic heterocycles. The average molecular weight is 278 g/mol. The molecule has 0 spiro atoms. The maximum absolute atomic E-state index is 6.16. The lowest BCUT2D eigenvalue weighted by Crippen LogP contribution is -2.09. The molecule has 0 unspecified atom stereocenters. The van der Waals surface area contributed by atoms with Gasteiger partial charge in [0.1, 0.15) is 5.75 Å². The molecule has 0 amide bonds. The molecule has 2 rings (SSSR count). The minimum absolute atomic E-state index is 0. The van der Waals surface area contributed by atoms with Crippen LogP contribution < -0.4 is 10.5 Å². The Kier molecular flexibility index (Phi) is 5.87. The molecular formula is C16H20ClNO. The summed E-state index contributed by atoms with van der Waals surface area (Å²) in [6.07, 6.45) is 3.79. The second-order valence-electron chi connectivity index (χ2n) is 4.45. The largest absolute Gasteiger partial charge is 0.497 e. The summed E-state index contributed by atoms with van der Waals surface area (Å²) in [6.45, 7) is 3.73. The molecule has 2 nitrogen and oxygen atoms in total. The molecule has 0 radical (unpaired) electrons. The number of hydrogen-bond donors (Lipinski definition) is 1. The van der Waals surface area contributed by atoms with Gasteiger partial charge in [-0.1, -0.05) is 24.3 Å². The number of allylic oxidation sites excluding steroid dienone is 1. The Morgan fingerprint density at radius 1 is 1.21 bits per heavy atom. The van der Waals surface area contributed by atoms with Gasteiger partial charge in [-0.05, 0) is 47.4 Å². The predicted octanol–water partition coefficient (Wildman–Crippen LogP) is 4.24. The van der Waals surface area contributed by atoms with Crippen LogP contribution in [0.5, 0.6) is 5.75 Å². The first-order chi connectivity index (χ1) is 8.74. The van der Waals surface area contributed by atoms with Crippen LogP contribution in [-0.2, 0) is 0 Å². The molecule has 0 aliphatic rings. The number of rotatable bonds is 5. The third-order valence-electron chi connectivity index (χ3n) is 3.18. The van der Waals surface area contributed by atoms with Gasteiger partial charge in [0.15, 0.2) is 0 Å². The second kappa shape index (κ2) is 7.17. The molecule has 3 heteroatoms. The molecule has 1 atom stereocenters. The Balaban J connectivity index is 0.00000180. The van der Waals surface area contributed by atoms with Gasteiger partial charge in [0.05, 0.1) is 7.11 Å². The number of benzene rings is 2. The van der Waals surface area contributed by atoms with E-state index in [1.807, 2.05) is 18.2 Å². The van der Waals surface area contributed by atoms with Crippen LogP contribution in [-0.4, -0.2) is 7.11 Å². The van der Waals surface area contributed by atoms with Gasteiger partial charge in [-0.25, -0.2) is 0 Å². The van der Waals surface area contributed by atoms with Crippen molar-refractivity contribution in [3.05, 3.63) is 54.6 Å². The Hall–Kier alpha value is -1.51. The number of methoxy groups -OCH3 is 1. The summed E-state index contributed by atoms with van der Waals surface area (Å²) in [7, 11) is 1.68. The third kappa shape index (κ3) is 3.72. The van der Waals surface area contributed by atoms with Crippen molar-refractivity contribution in [2.75, 3.05) is 7.11 Å². The normalized spacial score (nSPS) is 11.7. The van der Waals surface area contributed by atoms with Crippen LogP contribution in [0.3, 0.4) is 0 Å². The van der Waals surface area contributed by atoms with E-state index < -0.39 is 0 Å². The zero-order valence-corrected chi connectivity index (χ0v) is 12.0. The van der Waals surface area contributed by atoms with E-state index in [-0.39, 0.29) is 18.4 Å². The molecule has 0 saturated heterocycles. The van der Waals surface area contributed by atoms with Crippen molar-refractivity contribution in [2.24, 2.45) is 5.73 Å². The summed E-state index contributed by atoms with van der Waals surface area (Å²) in [5, 5.41) is 2.37. The molecule has 2 aromatic rings. The van der Waals surface area contributed by atoms with Crippen molar-refractivity contribution >= 4 is 23.2 Å². The fraction of sp³-hybridized carbons (Fsp3) is 0.250. The summed E-state index contributed by atoms with van der Waals surface area (Å²) in [5.74, 6) is 0.881. The summed E-state index contributed by atoms with van der Waals surface area (Å²) in [4.78, 5) is 0. The van der Waals surface area contributed by atoms with Gasteiger partial charge in [0.2, 0.25) is 0 Å². The SMILES string of the molecule is C=CCC[C@H](N)c1ccc2cc(OC)ccc2c1.Cl. The van der Waals surface area contributed by atoms with E-state index >= 15 is 0 Å². The quantitative estimate of drug-likeness (QED) is 0.830. The van der Waals surface area contributed by atoms with E-state index in [0.29, 0.717) is 0 Å². The van der Waals surface area contributed by atoms with E-state index in [2.05, 4.69) is 30.8 Å². The lowest BCUT2D eigenvalue weighted by atomic mass is 9.99. The smallest absolute Gasteiger partial charge is 0.119 e. The highest BCUT2D eigenvalue weighted by molar-refractivity contribution is 5.85. The molecule has 0 heterocycles. The highest BCUT2D eigenvalue weighted by Gasteiger charge is 2.06. The maximum atomic E-state index is 6.16. The molecule has 2 aromatic carbocycles. The van der Waals surface area contributed by atoms with Crippen molar-refractivity contribution in [2.45, 2.75) is 18.9 Å². The van der Waals surface area contributed by atoms with Gasteiger partial charge in [0.25, 0.3) is 0 Å². The van der Waals surface area contributed by atoms with Crippen molar-refractivity contribution in [1.82, 2.24) is 0 Å². The van der Waals surface area contributed by atoms with E-state index in [4.69, 9.17) is 10.5 Å². The van der Waals surface area contributed by atoms with Crippen molar-refractivity contribution < 1.29 is 4.74 Å². The third-order valence-corrected chi connectivity index (χ3v) is 3.18. The first-order valence-electron chi connectivity index (χ1n) is 6.19. The van der Waals surface area contributed by atoms with Gasteiger partial charge >= 0.3 is 0 Å². The highest BCUT2D eigenvalue weighted by Crippen LogP contribution is 2.25. The van der Waals surface area contributed by atoms with Crippen LogP contribution in [0, 0.1) is 0 Å². The van der Waals surface area contributed by atoms with E-state index in [0.717, 1.165) is 18.6 Å². The van der Waals surface area contributed by atoms with Crippen LogP contribution >= 0.6 is 12.4 Å². The standard InChI is InChI=1S/C16H19NO.ClH/c1-3-4-5-16(17)14-7-6-13-11-15(18-2)9-8-12(13)10-14;/h3,6-11,16H,1,4-5,17H2,2H3;1H/t16-;/m0./s1. The lowest BCUT2D eigenvalue weighted by molar-refractivity contribution is 0.415. The predicted molar refractivity (Wildman–Crippen MR) is 84.1 cm³/mol. The number of fused-ring (bicyclic) bond motifs is 1. The second-order valence-corrected chi connectivity index (χ2v) is 4.45. The summed E-state index contributed by atoms with van der Waals surface area (Å²) >= 11 is 0. The zero-order chi connectivity index (χ0) is 13.0. The number of ether oxygens (including phenoxy) is 1. The van der Waals surface area contributed by atoms with E-state index in [1.165, 1.54) is 16.3 Å². The van der Waals surface area contributed by atoms with Crippen LogP contribution in [0.1, 0.15) is 24.4 Å². The molecule has 0 aromatic heterocycles. The van der Waals surface area contributed by atoms with Crippen molar-refractivity contribution in [3.8, 4) is 5.75 Å². The molecule has 0 aliphatic carbocycles. The maximum Gasteiger partial charge on any atom is 0.119 e. The molecule has 2 N–H and O–H groups in total. The lowest BCUT2D eigenvalue weighted by Gasteiger charge is -2.12. The minimum atomic E-state index is 0. The van der Waals surface area contributed by atoms with Gasteiger partial charge < -0.3 is 10.5 Å². The van der Waals surface area contributed by atoms with Gasteiger partial charge in [-0.3, -0.25) is 0 Å². The van der Waals surface area contributed by atoms with Crippen LogP contribution in [0.25, 0.3) is 10.8 Å². The van der Waals surface area contributed by atoms with Gasteiger partial charge in [0, 0.05) is 6.04 Å². The van der Waals surface area contributed by atoms with Crippen LogP contribution in [0.2, 0.25) is 0 Å². The zero-order valence-electron chi connectivity index (χ0n) is 11.1. The highest BCUT2D eigenvalue weighted by atomic mass is 35.5. The van der Waals surface area contributed by atoms with Crippen molar-refractivity contribution in [3.63, 3.8) is 0 Å². The van der Waals surface area contributed by atoms with Crippen molar-refractivity contribution in [1.29, 1.82) is 0 Å². The van der Waals surface area contributed by atoms with Crippen LogP contribution in [0.4, 0.5) is 0 Å². The van der Waals surface area contributed by atoms with Gasteiger partial charge in [-0.2, -0.15) is 0 Å². The Labute approximate surface area is 120 Å². The van der Waals surface area contributed by atoms with Crippen LogP contribution in [0.15, 0.2) is 49.1 Å². The fourth-order valence-corrected chi connectivity index (χ4v) is 2.06. The number of hydrogen-bond acceptors (Lipinski definition) is 2. The minimum Gasteiger partial charge on any atom is -0.497 e. The molecule has 102 valence electrons. The number of nitrogens with two attached hydrogens (primary N) is 1. The fourth-order valence-electron chi connectivity index (χ4n) is 2.06. The summed E-state index contributed by atoms with van der Waals surface area (Å²) in [5.41, 5.74) is 7.33. The summed E-state index contributed by atoms with van der Waals surface area (Å²) in [6, 6.07) is 12.5. The van der Waals surface area contributed by atoms with E-state index in [1.54, 1.807) is 7.11 Å². The average Bonchev–Trinajstić information content (AvgIpc) is 2.43. The Bertz CT molecular complexity index is 553. The monoisotopic (exact) mass is 277 g/mol. The van der Waals surface area contributed by atoms with Gasteiger partial charge in [-0.15, -0.1) is 19.0 Å². The first-order valence-corrected chi connectivity index (χ1v) is 6.19. The first kappa shape index (κ1) is 15.5. The topological polar surface area (TPSA) is 35.2 Å². The molecule has 19 heavy (non-hydrogen) atoms. The Morgan fingerprint density at radius 3 is 2.58 bits per heavy atom. The molecule has 0 fully saturated rings. The summed E-state index contributed by atoms with van der Waals surface area (Å²) < 4.78 is 5.22.